The molecule has 1 amide bonds. The summed E-state index contributed by atoms with van der Waals surface area (Å²) in [5, 5.41) is 4.36. The second kappa shape index (κ2) is 10.4. The summed E-state index contributed by atoms with van der Waals surface area (Å²) in [6, 6.07) is 15.9. The number of benzene rings is 2. The molecule has 0 spiro atoms. The monoisotopic (exact) mass is 352 g/mol. The summed E-state index contributed by atoms with van der Waals surface area (Å²) in [6.45, 7) is 6.07. The van der Waals surface area contributed by atoms with Crippen LogP contribution in [0.25, 0.3) is 0 Å². The molecule has 0 fully saturated rings. The van der Waals surface area contributed by atoms with E-state index < -0.39 is 0 Å². The van der Waals surface area contributed by atoms with Gasteiger partial charge in [-0.25, -0.2) is 5.43 Å². The van der Waals surface area contributed by atoms with Crippen LogP contribution in [0.2, 0.25) is 0 Å². The van der Waals surface area contributed by atoms with Crippen molar-refractivity contribution < 1.29 is 9.53 Å². The molecule has 4 heteroatoms. The van der Waals surface area contributed by atoms with E-state index in [4.69, 9.17) is 4.74 Å². The van der Waals surface area contributed by atoms with Crippen LogP contribution >= 0.6 is 0 Å². The van der Waals surface area contributed by atoms with Gasteiger partial charge in [0.2, 0.25) is 0 Å². The molecule has 0 aliphatic rings. The summed E-state index contributed by atoms with van der Waals surface area (Å²) in [4.78, 5) is 12.2. The molecule has 0 aromatic heterocycles. The Labute approximate surface area is 156 Å². The van der Waals surface area contributed by atoms with Gasteiger partial charge in [0, 0.05) is 0 Å². The first-order valence-corrected chi connectivity index (χ1v) is 9.21. The summed E-state index contributed by atoms with van der Waals surface area (Å²) in [6.07, 6.45) is 4.20. The molecule has 0 saturated heterocycles. The van der Waals surface area contributed by atoms with E-state index in [0.29, 0.717) is 0 Å². The van der Waals surface area contributed by atoms with Crippen molar-refractivity contribution in [2.45, 2.75) is 46.5 Å². The third-order valence-corrected chi connectivity index (χ3v) is 4.20. The highest BCUT2D eigenvalue weighted by Gasteiger charge is 2.08. The van der Waals surface area contributed by atoms with Crippen molar-refractivity contribution in [3.05, 3.63) is 65.2 Å². The van der Waals surface area contributed by atoms with Crippen LogP contribution in [0.3, 0.4) is 0 Å². The van der Waals surface area contributed by atoms with Crippen molar-refractivity contribution >= 4 is 11.6 Å². The quantitative estimate of drug-likeness (QED) is 0.401. The lowest BCUT2D eigenvalue weighted by Gasteiger charge is -2.11. The molecule has 0 aliphatic heterocycles. The number of nitrogens with zero attached hydrogens (tertiary/aromatic N) is 1. The average molecular weight is 352 g/mol. The fourth-order valence-electron chi connectivity index (χ4n) is 2.76. The first kappa shape index (κ1) is 19.7. The van der Waals surface area contributed by atoms with E-state index in [2.05, 4.69) is 17.5 Å². The number of hydrazone groups is 1. The summed E-state index contributed by atoms with van der Waals surface area (Å²) in [5.41, 5.74) is 6.62. The first-order valence-electron chi connectivity index (χ1n) is 9.21. The van der Waals surface area contributed by atoms with Gasteiger partial charge in [-0.2, -0.15) is 5.10 Å². The number of para-hydroxylation sites is 1. The van der Waals surface area contributed by atoms with Crippen LogP contribution in [0.4, 0.5) is 0 Å². The zero-order valence-electron chi connectivity index (χ0n) is 15.9. The molecule has 1 N–H and O–H groups in total. The van der Waals surface area contributed by atoms with Crippen LogP contribution in [-0.4, -0.2) is 18.2 Å². The first-order chi connectivity index (χ1) is 12.6. The summed E-state index contributed by atoms with van der Waals surface area (Å²) in [5.74, 6) is 0.509. The number of amides is 1. The van der Waals surface area contributed by atoms with Gasteiger partial charge in [-0.15, -0.1) is 0 Å². The molecular weight excluding hydrogens is 324 g/mol. The summed E-state index contributed by atoms with van der Waals surface area (Å²) >= 11 is 0. The van der Waals surface area contributed by atoms with E-state index in [9.17, 15) is 4.79 Å². The minimum absolute atomic E-state index is 0.0494. The van der Waals surface area contributed by atoms with Gasteiger partial charge in [0.05, 0.1) is 5.71 Å². The zero-order valence-corrected chi connectivity index (χ0v) is 15.9. The highest BCUT2D eigenvalue weighted by Crippen LogP contribution is 2.22. The van der Waals surface area contributed by atoms with Gasteiger partial charge in [-0.05, 0) is 43.4 Å². The van der Waals surface area contributed by atoms with Gasteiger partial charge < -0.3 is 4.74 Å². The maximum atomic E-state index is 12.2. The van der Waals surface area contributed by atoms with Crippen molar-refractivity contribution in [1.29, 1.82) is 0 Å². The number of nitrogens with one attached hydrogen (secondary N) is 1. The highest BCUT2D eigenvalue weighted by atomic mass is 16.5. The molecular formula is C22H28N2O2. The Morgan fingerprint density at radius 1 is 1.00 bits per heavy atom. The lowest BCUT2D eigenvalue weighted by molar-refractivity contribution is -0.123. The second-order valence-corrected chi connectivity index (χ2v) is 6.43. The molecule has 0 bridgehead atoms. The van der Waals surface area contributed by atoms with E-state index in [-0.39, 0.29) is 12.5 Å². The SMILES string of the molecule is CCCCCC(=NNC(=O)COc1c(C)cccc1C)c1ccccc1. The molecule has 138 valence electrons. The molecule has 0 unspecified atom stereocenters. The third-order valence-electron chi connectivity index (χ3n) is 4.20. The van der Waals surface area contributed by atoms with Crippen LogP contribution in [0.5, 0.6) is 5.75 Å². The molecule has 2 aromatic carbocycles. The summed E-state index contributed by atoms with van der Waals surface area (Å²) in [7, 11) is 0. The van der Waals surface area contributed by atoms with E-state index in [1.807, 2.05) is 62.4 Å². The second-order valence-electron chi connectivity index (χ2n) is 6.43. The van der Waals surface area contributed by atoms with Crippen LogP contribution < -0.4 is 10.2 Å². The smallest absolute Gasteiger partial charge is 0.277 e. The minimum Gasteiger partial charge on any atom is -0.483 e. The number of hydrogen-bond acceptors (Lipinski definition) is 3. The van der Waals surface area contributed by atoms with Crippen LogP contribution in [-0.2, 0) is 4.79 Å². The number of aryl methyl sites for hydroxylation is 2. The van der Waals surface area contributed by atoms with Crippen molar-refractivity contribution in [1.82, 2.24) is 5.43 Å². The van der Waals surface area contributed by atoms with Gasteiger partial charge in [0.25, 0.3) is 5.91 Å². The predicted molar refractivity (Wildman–Crippen MR) is 107 cm³/mol. The largest absolute Gasteiger partial charge is 0.483 e. The number of hydrogen-bond donors (Lipinski definition) is 1. The van der Waals surface area contributed by atoms with Gasteiger partial charge in [0.15, 0.2) is 6.61 Å². The fraction of sp³-hybridized carbons (Fsp3) is 0.364. The average Bonchev–Trinajstić information content (AvgIpc) is 2.65. The zero-order chi connectivity index (χ0) is 18.8. The van der Waals surface area contributed by atoms with Crippen LogP contribution in [0.1, 0.15) is 49.3 Å². The van der Waals surface area contributed by atoms with Crippen LogP contribution in [0.15, 0.2) is 53.6 Å². The number of carbonyl (C=O) groups is 1. The number of carbonyl (C=O) groups excluding carboxylic acids is 1. The van der Waals surface area contributed by atoms with Crippen molar-refractivity contribution in [2.24, 2.45) is 5.10 Å². The van der Waals surface area contributed by atoms with Crippen LogP contribution in [0, 0.1) is 13.8 Å². The molecule has 2 rings (SSSR count). The Hall–Kier alpha value is -2.62. The standard InChI is InChI=1S/C22H28N2O2/c1-4-5-7-15-20(19-13-8-6-9-14-19)23-24-21(25)16-26-22-17(2)11-10-12-18(22)3/h6,8-14H,4-5,7,15-16H2,1-3H3,(H,24,25). The van der Waals surface area contributed by atoms with Crippen molar-refractivity contribution in [3.8, 4) is 5.75 Å². The Morgan fingerprint density at radius 3 is 2.35 bits per heavy atom. The van der Waals surface area contributed by atoms with E-state index >= 15 is 0 Å². The maximum Gasteiger partial charge on any atom is 0.277 e. The maximum absolute atomic E-state index is 12.2. The fourth-order valence-corrected chi connectivity index (χ4v) is 2.76. The molecule has 4 nitrogen and oxygen atoms in total. The Balaban J connectivity index is 1.98. The Bertz CT molecular complexity index is 719. The molecule has 0 radical (unpaired) electrons. The Kier molecular flexibility index (Phi) is 7.87. The molecule has 0 aliphatic carbocycles. The van der Waals surface area contributed by atoms with Gasteiger partial charge in [-0.3, -0.25) is 4.79 Å². The highest BCUT2D eigenvalue weighted by molar-refractivity contribution is 6.01. The van der Waals surface area contributed by atoms with E-state index in [1.54, 1.807) is 0 Å². The van der Waals surface area contributed by atoms with Crippen molar-refractivity contribution in [2.75, 3.05) is 6.61 Å². The van der Waals surface area contributed by atoms with E-state index in [1.165, 1.54) is 0 Å². The Morgan fingerprint density at radius 2 is 1.69 bits per heavy atom. The predicted octanol–water partition coefficient (Wildman–Crippen LogP) is 4.78. The minimum atomic E-state index is -0.253. The number of rotatable bonds is 9. The molecule has 0 saturated carbocycles. The third kappa shape index (κ3) is 6.03. The van der Waals surface area contributed by atoms with Crippen molar-refractivity contribution in [3.63, 3.8) is 0 Å². The molecule has 0 atom stereocenters. The number of unbranched alkanes of at least 4 members (excludes halogenated alkanes) is 2. The molecule has 2 aromatic rings. The lowest BCUT2D eigenvalue weighted by Crippen LogP contribution is -2.26. The normalized spacial score (nSPS) is 11.3. The molecule has 26 heavy (non-hydrogen) atoms. The topological polar surface area (TPSA) is 50.7 Å². The molecule has 0 heterocycles. The number of ether oxygens (including phenoxy) is 1. The van der Waals surface area contributed by atoms with Gasteiger partial charge in [0.1, 0.15) is 5.75 Å². The van der Waals surface area contributed by atoms with Gasteiger partial charge in [-0.1, -0.05) is 68.3 Å². The lowest BCUT2D eigenvalue weighted by atomic mass is 10.0. The summed E-state index contributed by atoms with van der Waals surface area (Å²) < 4.78 is 5.68. The van der Waals surface area contributed by atoms with E-state index in [0.717, 1.165) is 53.8 Å². The van der Waals surface area contributed by atoms with Gasteiger partial charge >= 0.3 is 0 Å².